The molecule has 3 aromatic heterocycles. The highest BCUT2D eigenvalue weighted by atomic mass is 35.5. The van der Waals surface area contributed by atoms with Gasteiger partial charge in [0.25, 0.3) is 0 Å². The summed E-state index contributed by atoms with van der Waals surface area (Å²) in [5.41, 5.74) is 3.37. The number of anilines is 2. The molecule has 37 heavy (non-hydrogen) atoms. The molecule has 0 aliphatic carbocycles. The number of aromatic nitrogens is 3. The zero-order chi connectivity index (χ0) is 25.4. The summed E-state index contributed by atoms with van der Waals surface area (Å²) in [5.74, 6) is -0.355. The van der Waals surface area contributed by atoms with E-state index in [-0.39, 0.29) is 5.78 Å². The Hall–Kier alpha value is -3.42. The van der Waals surface area contributed by atoms with Gasteiger partial charge >= 0.3 is 0 Å². The molecule has 6 heterocycles. The number of benzene rings is 1. The number of nitrogens with one attached hydrogen (secondary N) is 1. The molecule has 7 rings (SSSR count). The Morgan fingerprint density at radius 1 is 1.03 bits per heavy atom. The lowest BCUT2D eigenvalue weighted by Gasteiger charge is -2.48. The van der Waals surface area contributed by atoms with Crippen molar-refractivity contribution in [1.82, 2.24) is 19.9 Å². The number of pyridine rings is 3. The molecule has 8 heteroatoms. The Bertz CT molecular complexity index is 1470. The molecule has 3 aliphatic heterocycles. The van der Waals surface area contributed by atoms with E-state index in [2.05, 4.69) is 25.2 Å². The van der Waals surface area contributed by atoms with E-state index in [1.54, 1.807) is 30.6 Å². The number of Topliss-reactive ketones (excluding diaryl/α,β-unsaturated/α-hetero) is 1. The van der Waals surface area contributed by atoms with Gasteiger partial charge in [0.05, 0.1) is 11.4 Å². The Kier molecular flexibility index (Phi) is 6.34. The number of rotatable bonds is 7. The molecule has 3 aliphatic rings. The SMILES string of the molecule is O=C(CCC12CCN(CC1)CC2)c1cc(Nc2cc(-c3cc(Cl)ccc3F)nc3ncccc23)ccn1. The van der Waals surface area contributed by atoms with Crippen LogP contribution in [0.15, 0.2) is 60.9 Å². The van der Waals surface area contributed by atoms with Gasteiger partial charge < -0.3 is 10.2 Å². The van der Waals surface area contributed by atoms with E-state index in [1.807, 2.05) is 18.2 Å². The zero-order valence-corrected chi connectivity index (χ0v) is 21.1. The lowest BCUT2D eigenvalue weighted by Crippen LogP contribution is -2.48. The van der Waals surface area contributed by atoms with E-state index in [1.165, 1.54) is 31.4 Å². The van der Waals surface area contributed by atoms with Crippen LogP contribution < -0.4 is 5.32 Å². The molecule has 6 nitrogen and oxygen atoms in total. The van der Waals surface area contributed by atoms with Crippen molar-refractivity contribution in [1.29, 1.82) is 0 Å². The summed E-state index contributed by atoms with van der Waals surface area (Å²) < 4.78 is 14.6. The van der Waals surface area contributed by atoms with E-state index >= 15 is 0 Å². The number of hydrogen-bond donors (Lipinski definition) is 1. The van der Waals surface area contributed by atoms with Crippen molar-refractivity contribution in [2.75, 3.05) is 25.0 Å². The van der Waals surface area contributed by atoms with Gasteiger partial charge in [-0.25, -0.2) is 14.4 Å². The molecule has 0 atom stereocenters. The van der Waals surface area contributed by atoms with Crippen LogP contribution in [-0.2, 0) is 0 Å². The molecular weight excluding hydrogens is 489 g/mol. The zero-order valence-electron chi connectivity index (χ0n) is 20.4. The van der Waals surface area contributed by atoms with E-state index in [0.717, 1.165) is 37.1 Å². The standard InChI is InChI=1S/C29H27ClFN5O/c30-19-3-4-23(31)22(16-19)25-18-24(21-2-1-11-33-28(21)35-25)34-20-6-12-32-26(17-20)27(37)5-7-29-8-13-36(14-9-29)15-10-29/h1-4,6,11-12,16-18H,5,7-10,13-15H2,(H,32,33,34,35). The van der Waals surface area contributed by atoms with Crippen molar-refractivity contribution in [3.63, 3.8) is 0 Å². The van der Waals surface area contributed by atoms with Gasteiger partial charge in [-0.15, -0.1) is 0 Å². The molecule has 0 amide bonds. The molecule has 0 spiro atoms. The first-order chi connectivity index (χ1) is 18.0. The highest BCUT2D eigenvalue weighted by Gasteiger charge is 2.39. The molecule has 1 N–H and O–H groups in total. The number of fused-ring (bicyclic) bond motifs is 4. The number of ketones is 1. The fourth-order valence-electron chi connectivity index (χ4n) is 5.59. The maximum Gasteiger partial charge on any atom is 0.181 e. The van der Waals surface area contributed by atoms with Crippen LogP contribution >= 0.6 is 11.6 Å². The second kappa shape index (κ2) is 9.80. The second-order valence-electron chi connectivity index (χ2n) is 10.1. The highest BCUT2D eigenvalue weighted by Crippen LogP contribution is 2.44. The third kappa shape index (κ3) is 4.93. The number of nitrogens with zero attached hydrogens (tertiary/aromatic N) is 4. The molecule has 3 fully saturated rings. The van der Waals surface area contributed by atoms with Crippen LogP contribution in [0.2, 0.25) is 5.02 Å². The lowest BCUT2D eigenvalue weighted by molar-refractivity contribution is 0.0186. The first-order valence-electron chi connectivity index (χ1n) is 12.7. The van der Waals surface area contributed by atoms with Crippen molar-refractivity contribution in [2.45, 2.75) is 32.1 Å². The number of carbonyl (C=O) groups excluding carboxylic acids is 1. The van der Waals surface area contributed by atoms with Gasteiger partial charge in [0.15, 0.2) is 11.4 Å². The monoisotopic (exact) mass is 515 g/mol. The second-order valence-corrected chi connectivity index (χ2v) is 10.6. The average molecular weight is 516 g/mol. The largest absolute Gasteiger partial charge is 0.355 e. The Balaban J connectivity index is 1.26. The topological polar surface area (TPSA) is 71.0 Å². The van der Waals surface area contributed by atoms with Crippen LogP contribution in [0.3, 0.4) is 0 Å². The number of piperidine rings is 3. The minimum atomic E-state index is -0.418. The Labute approximate surface area is 219 Å². The molecule has 3 saturated heterocycles. The smallest absolute Gasteiger partial charge is 0.181 e. The van der Waals surface area contributed by atoms with Gasteiger partial charge in [0.1, 0.15) is 11.5 Å². The van der Waals surface area contributed by atoms with Gasteiger partial charge in [0.2, 0.25) is 0 Å². The summed E-state index contributed by atoms with van der Waals surface area (Å²) in [6.07, 6.45) is 8.29. The average Bonchev–Trinajstić information content (AvgIpc) is 2.94. The van der Waals surface area contributed by atoms with Crippen molar-refractivity contribution >= 4 is 39.8 Å². The predicted molar refractivity (Wildman–Crippen MR) is 144 cm³/mol. The van der Waals surface area contributed by atoms with E-state index in [0.29, 0.717) is 45.1 Å². The van der Waals surface area contributed by atoms with Gasteiger partial charge in [-0.3, -0.25) is 9.78 Å². The van der Waals surface area contributed by atoms with Crippen LogP contribution in [0.1, 0.15) is 42.6 Å². The minimum absolute atomic E-state index is 0.0639. The molecule has 0 radical (unpaired) electrons. The molecule has 1 aromatic carbocycles. The Morgan fingerprint density at radius 3 is 2.65 bits per heavy atom. The van der Waals surface area contributed by atoms with Crippen LogP contribution in [0.25, 0.3) is 22.3 Å². The van der Waals surface area contributed by atoms with E-state index in [4.69, 9.17) is 11.6 Å². The van der Waals surface area contributed by atoms with Crippen LogP contribution in [0.5, 0.6) is 0 Å². The summed E-state index contributed by atoms with van der Waals surface area (Å²) in [5, 5.41) is 4.58. The van der Waals surface area contributed by atoms with Crippen molar-refractivity contribution < 1.29 is 9.18 Å². The van der Waals surface area contributed by atoms with Gasteiger partial charge in [-0.1, -0.05) is 11.6 Å². The molecule has 4 aromatic rings. The van der Waals surface area contributed by atoms with Crippen molar-refractivity contribution in [2.24, 2.45) is 5.41 Å². The molecular formula is C29H27ClFN5O. The maximum absolute atomic E-state index is 14.6. The predicted octanol–water partition coefficient (Wildman–Crippen LogP) is 6.68. The molecule has 0 saturated carbocycles. The lowest BCUT2D eigenvalue weighted by atomic mass is 9.69. The normalized spacial score (nSPS) is 20.8. The first-order valence-corrected chi connectivity index (χ1v) is 13.1. The fourth-order valence-corrected chi connectivity index (χ4v) is 5.76. The van der Waals surface area contributed by atoms with Gasteiger partial charge in [-0.05, 0) is 99.3 Å². The number of hydrogen-bond acceptors (Lipinski definition) is 6. The molecule has 2 bridgehead atoms. The first kappa shape index (κ1) is 23.9. The van der Waals surface area contributed by atoms with Crippen molar-refractivity contribution in [3.05, 3.63) is 77.5 Å². The van der Waals surface area contributed by atoms with E-state index < -0.39 is 5.82 Å². The van der Waals surface area contributed by atoms with Crippen molar-refractivity contribution in [3.8, 4) is 11.3 Å². The van der Waals surface area contributed by atoms with E-state index in [9.17, 15) is 9.18 Å². The third-order valence-corrected chi connectivity index (χ3v) is 8.11. The molecule has 188 valence electrons. The summed E-state index contributed by atoms with van der Waals surface area (Å²) in [6.45, 7) is 3.46. The maximum atomic E-state index is 14.6. The van der Waals surface area contributed by atoms with Gasteiger partial charge in [0, 0.05) is 40.5 Å². The highest BCUT2D eigenvalue weighted by molar-refractivity contribution is 6.30. The van der Waals surface area contributed by atoms with Crippen LogP contribution in [0, 0.1) is 11.2 Å². The summed E-state index contributed by atoms with van der Waals surface area (Å²) in [7, 11) is 0. The van der Waals surface area contributed by atoms with Gasteiger partial charge in [-0.2, -0.15) is 0 Å². The number of carbonyl (C=O) groups is 1. The summed E-state index contributed by atoms with van der Waals surface area (Å²) in [4.78, 5) is 28.9. The van der Waals surface area contributed by atoms with Crippen LogP contribution in [0.4, 0.5) is 15.8 Å². The number of halogens is 2. The summed E-state index contributed by atoms with van der Waals surface area (Å²) >= 11 is 6.13. The Morgan fingerprint density at radius 2 is 1.84 bits per heavy atom. The summed E-state index contributed by atoms with van der Waals surface area (Å²) in [6, 6.07) is 13.5. The third-order valence-electron chi connectivity index (χ3n) is 7.87. The molecule has 0 unspecified atom stereocenters. The fraction of sp³-hybridized carbons (Fsp3) is 0.310. The van der Waals surface area contributed by atoms with Crippen LogP contribution in [-0.4, -0.2) is 45.3 Å². The minimum Gasteiger partial charge on any atom is -0.355 e. The quantitative estimate of drug-likeness (QED) is 0.277.